The molecule has 0 bridgehead atoms. The molecule has 0 saturated heterocycles. The summed E-state index contributed by atoms with van der Waals surface area (Å²) in [5.41, 5.74) is -0.545. The molecule has 0 atom stereocenters. The number of rotatable bonds is 5. The van der Waals surface area contributed by atoms with Crippen LogP contribution in [0, 0.1) is 5.82 Å². The molecule has 0 spiro atoms. The van der Waals surface area contributed by atoms with Gasteiger partial charge in [-0.1, -0.05) is 6.07 Å². The molecule has 2 aromatic carbocycles. The molecule has 0 saturated carbocycles. The fourth-order valence-electron chi connectivity index (χ4n) is 2.66. The number of halogens is 6. The molecule has 3 rings (SSSR count). The van der Waals surface area contributed by atoms with Crippen LogP contribution in [0.3, 0.4) is 0 Å². The lowest BCUT2D eigenvalue weighted by molar-refractivity contribution is -0.274. The SMILES string of the molecule is CS(=O)(=O)c1ccc(-c2cc(C(F)F)nn2-c2ccc(OC(F)(F)F)cc2)cc1F. The van der Waals surface area contributed by atoms with E-state index >= 15 is 0 Å². The molecule has 160 valence electrons. The average Bonchev–Trinajstić information content (AvgIpc) is 3.05. The molecular weight excluding hydrogens is 438 g/mol. The number of aromatic nitrogens is 2. The highest BCUT2D eigenvalue weighted by Gasteiger charge is 2.31. The lowest BCUT2D eigenvalue weighted by atomic mass is 10.1. The summed E-state index contributed by atoms with van der Waals surface area (Å²) in [7, 11) is -3.85. The zero-order valence-electron chi connectivity index (χ0n) is 15.0. The molecule has 1 aromatic heterocycles. The van der Waals surface area contributed by atoms with Gasteiger partial charge in [-0.15, -0.1) is 13.2 Å². The largest absolute Gasteiger partial charge is 0.573 e. The van der Waals surface area contributed by atoms with Gasteiger partial charge in [0.15, 0.2) is 9.84 Å². The third-order valence-corrected chi connectivity index (χ3v) is 5.02. The van der Waals surface area contributed by atoms with E-state index < -0.39 is 44.8 Å². The average molecular weight is 450 g/mol. The van der Waals surface area contributed by atoms with Crippen LogP contribution in [-0.2, 0) is 9.84 Å². The fourth-order valence-corrected chi connectivity index (χ4v) is 3.39. The van der Waals surface area contributed by atoms with Crippen LogP contribution in [0.5, 0.6) is 5.75 Å². The zero-order valence-corrected chi connectivity index (χ0v) is 15.8. The van der Waals surface area contributed by atoms with Gasteiger partial charge in [-0.2, -0.15) is 5.10 Å². The summed E-state index contributed by atoms with van der Waals surface area (Å²) in [6, 6.07) is 8.23. The van der Waals surface area contributed by atoms with E-state index in [-0.39, 0.29) is 16.9 Å². The minimum Gasteiger partial charge on any atom is -0.406 e. The van der Waals surface area contributed by atoms with Crippen molar-refractivity contribution in [2.45, 2.75) is 17.7 Å². The minimum absolute atomic E-state index is 0.0197. The molecule has 3 aromatic rings. The van der Waals surface area contributed by atoms with Crippen LogP contribution in [-0.4, -0.2) is 30.8 Å². The normalized spacial score (nSPS) is 12.4. The van der Waals surface area contributed by atoms with E-state index in [0.717, 1.165) is 53.4 Å². The van der Waals surface area contributed by atoms with Crippen molar-refractivity contribution in [2.75, 3.05) is 6.26 Å². The van der Waals surface area contributed by atoms with Crippen molar-refractivity contribution in [1.29, 1.82) is 0 Å². The van der Waals surface area contributed by atoms with Gasteiger partial charge < -0.3 is 4.74 Å². The zero-order chi connectivity index (χ0) is 22.3. The van der Waals surface area contributed by atoms with Crippen LogP contribution < -0.4 is 4.74 Å². The maximum absolute atomic E-state index is 14.3. The quantitative estimate of drug-likeness (QED) is 0.518. The summed E-state index contributed by atoms with van der Waals surface area (Å²) in [5.74, 6) is -1.62. The first kappa shape index (κ1) is 21.7. The summed E-state index contributed by atoms with van der Waals surface area (Å²) in [4.78, 5) is -0.569. The van der Waals surface area contributed by atoms with Crippen LogP contribution in [0.15, 0.2) is 53.4 Å². The number of alkyl halides is 5. The number of sulfone groups is 1. The smallest absolute Gasteiger partial charge is 0.406 e. The Morgan fingerprint density at radius 1 is 1.03 bits per heavy atom. The van der Waals surface area contributed by atoms with Crippen molar-refractivity contribution in [2.24, 2.45) is 0 Å². The second kappa shape index (κ2) is 7.67. The fraction of sp³-hybridized carbons (Fsp3) is 0.167. The number of benzene rings is 2. The Balaban J connectivity index is 2.08. The number of nitrogens with zero attached hydrogens (tertiary/aromatic N) is 2. The van der Waals surface area contributed by atoms with Crippen LogP contribution in [0.1, 0.15) is 12.1 Å². The van der Waals surface area contributed by atoms with Crippen LogP contribution in [0.2, 0.25) is 0 Å². The summed E-state index contributed by atoms with van der Waals surface area (Å²) in [5, 5.41) is 3.72. The van der Waals surface area contributed by atoms with Gasteiger partial charge in [0.1, 0.15) is 22.2 Å². The molecule has 0 radical (unpaired) electrons. The Labute approximate surface area is 166 Å². The van der Waals surface area contributed by atoms with E-state index in [1.807, 2.05) is 0 Å². The highest BCUT2D eigenvalue weighted by molar-refractivity contribution is 7.90. The van der Waals surface area contributed by atoms with Gasteiger partial charge in [-0.25, -0.2) is 26.3 Å². The second-order valence-corrected chi connectivity index (χ2v) is 8.11. The molecule has 0 unspecified atom stereocenters. The topological polar surface area (TPSA) is 61.2 Å². The molecule has 12 heteroatoms. The van der Waals surface area contributed by atoms with Crippen LogP contribution in [0.25, 0.3) is 16.9 Å². The van der Waals surface area contributed by atoms with E-state index in [4.69, 9.17) is 0 Å². The van der Waals surface area contributed by atoms with E-state index in [1.165, 1.54) is 6.07 Å². The van der Waals surface area contributed by atoms with Crippen molar-refractivity contribution in [3.8, 4) is 22.7 Å². The third-order valence-electron chi connectivity index (χ3n) is 3.89. The van der Waals surface area contributed by atoms with Crippen molar-refractivity contribution < 1.29 is 39.5 Å². The second-order valence-electron chi connectivity index (χ2n) is 6.13. The third kappa shape index (κ3) is 4.75. The van der Waals surface area contributed by atoms with Crippen LogP contribution in [0.4, 0.5) is 26.3 Å². The Morgan fingerprint density at radius 2 is 1.67 bits per heavy atom. The van der Waals surface area contributed by atoms with Gasteiger partial charge in [-0.3, -0.25) is 0 Å². The van der Waals surface area contributed by atoms with E-state index in [9.17, 15) is 34.8 Å². The summed E-state index contributed by atoms with van der Waals surface area (Å²) in [6.07, 6.45) is -7.06. The molecule has 0 aliphatic heterocycles. The lowest BCUT2D eigenvalue weighted by Gasteiger charge is -2.11. The summed E-state index contributed by atoms with van der Waals surface area (Å²) >= 11 is 0. The molecule has 30 heavy (non-hydrogen) atoms. The van der Waals surface area contributed by atoms with Crippen molar-refractivity contribution >= 4 is 9.84 Å². The molecule has 5 nitrogen and oxygen atoms in total. The molecule has 0 fully saturated rings. The number of hydrogen-bond acceptors (Lipinski definition) is 4. The standard InChI is InChI=1S/C18H12F6N2O3S/c1-30(27,28)16-7-2-10(8-13(16)19)15-9-14(17(20)21)25-26(15)11-3-5-12(6-4-11)29-18(22,23)24/h2-9,17H,1H3. The van der Waals surface area contributed by atoms with Crippen LogP contribution >= 0.6 is 0 Å². The monoisotopic (exact) mass is 450 g/mol. The molecule has 0 aliphatic carbocycles. The van der Waals surface area contributed by atoms with Crippen molar-refractivity contribution in [3.63, 3.8) is 0 Å². The number of hydrogen-bond donors (Lipinski definition) is 0. The minimum atomic E-state index is -4.90. The maximum atomic E-state index is 14.3. The molecule has 0 amide bonds. The molecule has 0 N–H and O–H groups in total. The van der Waals surface area contributed by atoms with E-state index in [2.05, 4.69) is 9.84 Å². The van der Waals surface area contributed by atoms with Crippen molar-refractivity contribution in [3.05, 3.63) is 60.0 Å². The Morgan fingerprint density at radius 3 is 2.17 bits per heavy atom. The van der Waals surface area contributed by atoms with Gasteiger partial charge in [-0.05, 0) is 42.5 Å². The Kier molecular flexibility index (Phi) is 5.54. The highest BCUT2D eigenvalue weighted by atomic mass is 32.2. The van der Waals surface area contributed by atoms with E-state index in [0.29, 0.717) is 0 Å². The van der Waals surface area contributed by atoms with Gasteiger partial charge in [0.05, 0.1) is 11.4 Å². The predicted octanol–water partition coefficient (Wildman–Crippen LogP) is 4.92. The van der Waals surface area contributed by atoms with Gasteiger partial charge >= 0.3 is 6.36 Å². The van der Waals surface area contributed by atoms with Gasteiger partial charge in [0.2, 0.25) is 0 Å². The first-order valence-corrected chi connectivity index (χ1v) is 9.98. The molecule has 0 aliphatic rings. The first-order chi connectivity index (χ1) is 13.8. The lowest BCUT2D eigenvalue weighted by Crippen LogP contribution is -2.17. The summed E-state index contributed by atoms with van der Waals surface area (Å²) < 4.78 is 105. The Hall–Kier alpha value is -3.02. The number of ether oxygens (including phenoxy) is 1. The van der Waals surface area contributed by atoms with E-state index in [1.54, 1.807) is 0 Å². The molecular formula is C18H12F6N2O3S. The summed E-state index contributed by atoms with van der Waals surface area (Å²) in [6.45, 7) is 0. The maximum Gasteiger partial charge on any atom is 0.573 e. The van der Waals surface area contributed by atoms with Gasteiger partial charge in [0, 0.05) is 11.8 Å². The first-order valence-electron chi connectivity index (χ1n) is 8.09. The Bertz CT molecular complexity index is 1170. The highest BCUT2D eigenvalue weighted by Crippen LogP contribution is 2.31. The van der Waals surface area contributed by atoms with Crippen molar-refractivity contribution in [1.82, 2.24) is 9.78 Å². The predicted molar refractivity (Wildman–Crippen MR) is 93.7 cm³/mol. The van der Waals surface area contributed by atoms with Gasteiger partial charge in [0.25, 0.3) is 6.43 Å². The molecule has 1 heterocycles.